The molecule has 1 heterocycles. The quantitative estimate of drug-likeness (QED) is 0.744. The lowest BCUT2D eigenvalue weighted by Crippen LogP contribution is -2.37. The van der Waals surface area contributed by atoms with Crippen molar-refractivity contribution in [1.82, 2.24) is 9.62 Å². The van der Waals surface area contributed by atoms with Crippen LogP contribution in [-0.4, -0.2) is 38.3 Å². The SMILES string of the molecule is Nc1cc(F)cc(S(=O)(=O)N2CCCNC(=O)C2)c1. The molecule has 0 unspecified atom stereocenters. The van der Waals surface area contributed by atoms with Crippen LogP contribution in [0.4, 0.5) is 10.1 Å². The standard InChI is InChI=1S/C11H14FN3O3S/c12-8-4-9(13)6-10(5-8)19(17,18)15-3-1-2-14-11(16)7-15/h4-6H,1-3,7,13H2,(H,14,16). The Bertz CT molecular complexity index is 583. The average Bonchev–Trinajstić information content (AvgIpc) is 2.53. The molecule has 0 radical (unpaired) electrons. The van der Waals surface area contributed by atoms with Crippen LogP contribution in [0.5, 0.6) is 0 Å². The molecule has 1 aromatic carbocycles. The van der Waals surface area contributed by atoms with Crippen molar-refractivity contribution in [2.45, 2.75) is 11.3 Å². The van der Waals surface area contributed by atoms with Gasteiger partial charge in [-0.15, -0.1) is 0 Å². The van der Waals surface area contributed by atoms with E-state index in [2.05, 4.69) is 5.32 Å². The molecule has 8 heteroatoms. The molecule has 1 amide bonds. The number of nitrogens with zero attached hydrogens (tertiary/aromatic N) is 1. The van der Waals surface area contributed by atoms with E-state index in [0.717, 1.165) is 16.4 Å². The zero-order valence-corrected chi connectivity index (χ0v) is 10.9. The maximum absolute atomic E-state index is 13.2. The summed E-state index contributed by atoms with van der Waals surface area (Å²) in [5, 5.41) is 2.58. The minimum Gasteiger partial charge on any atom is -0.399 e. The Morgan fingerprint density at radius 2 is 2.05 bits per heavy atom. The summed E-state index contributed by atoms with van der Waals surface area (Å²) in [7, 11) is -3.91. The zero-order chi connectivity index (χ0) is 14.0. The molecule has 2 rings (SSSR count). The zero-order valence-electron chi connectivity index (χ0n) is 10.1. The molecule has 1 fully saturated rings. The average molecular weight is 287 g/mol. The number of anilines is 1. The molecule has 0 saturated carbocycles. The van der Waals surface area contributed by atoms with Crippen LogP contribution in [0.2, 0.25) is 0 Å². The van der Waals surface area contributed by atoms with Crippen LogP contribution in [0.1, 0.15) is 6.42 Å². The van der Waals surface area contributed by atoms with Gasteiger partial charge in [-0.1, -0.05) is 0 Å². The van der Waals surface area contributed by atoms with Gasteiger partial charge >= 0.3 is 0 Å². The van der Waals surface area contributed by atoms with Crippen LogP contribution in [0.25, 0.3) is 0 Å². The third-order valence-electron chi connectivity index (χ3n) is 2.76. The van der Waals surface area contributed by atoms with Crippen LogP contribution in [-0.2, 0) is 14.8 Å². The summed E-state index contributed by atoms with van der Waals surface area (Å²) < 4.78 is 38.9. The molecule has 3 N–H and O–H groups in total. The van der Waals surface area contributed by atoms with E-state index < -0.39 is 15.8 Å². The molecule has 1 aliphatic heterocycles. The molecule has 1 saturated heterocycles. The van der Waals surface area contributed by atoms with Gasteiger partial charge in [0.2, 0.25) is 15.9 Å². The number of nitrogens with two attached hydrogens (primary N) is 1. The van der Waals surface area contributed by atoms with E-state index in [0.29, 0.717) is 13.0 Å². The molecule has 1 aliphatic rings. The number of amides is 1. The Labute approximate surface area is 110 Å². The molecular weight excluding hydrogens is 273 g/mol. The van der Waals surface area contributed by atoms with Gasteiger partial charge in [0.15, 0.2) is 0 Å². The molecule has 0 atom stereocenters. The number of benzene rings is 1. The van der Waals surface area contributed by atoms with Gasteiger partial charge in [-0.3, -0.25) is 4.79 Å². The number of nitrogens with one attached hydrogen (secondary N) is 1. The highest BCUT2D eigenvalue weighted by Crippen LogP contribution is 2.20. The molecule has 0 aromatic heterocycles. The third-order valence-corrected chi connectivity index (χ3v) is 4.58. The number of nitrogen functional groups attached to an aromatic ring is 1. The fourth-order valence-electron chi connectivity index (χ4n) is 1.87. The number of carbonyl (C=O) groups is 1. The Balaban J connectivity index is 2.37. The number of sulfonamides is 1. The van der Waals surface area contributed by atoms with Crippen molar-refractivity contribution >= 4 is 21.6 Å². The maximum Gasteiger partial charge on any atom is 0.243 e. The molecule has 6 nitrogen and oxygen atoms in total. The van der Waals surface area contributed by atoms with E-state index in [4.69, 9.17) is 5.73 Å². The lowest BCUT2D eigenvalue weighted by atomic mass is 10.3. The topological polar surface area (TPSA) is 92.5 Å². The summed E-state index contributed by atoms with van der Waals surface area (Å²) in [5.41, 5.74) is 5.47. The van der Waals surface area contributed by atoms with Gasteiger partial charge in [0.1, 0.15) is 5.82 Å². The Hall–Kier alpha value is -1.67. The molecule has 0 bridgehead atoms. The highest BCUT2D eigenvalue weighted by molar-refractivity contribution is 7.89. The van der Waals surface area contributed by atoms with Gasteiger partial charge in [0.25, 0.3) is 0 Å². The van der Waals surface area contributed by atoms with Crippen molar-refractivity contribution in [1.29, 1.82) is 0 Å². The third kappa shape index (κ3) is 3.02. The minimum atomic E-state index is -3.91. The first-order chi connectivity index (χ1) is 8.89. The van der Waals surface area contributed by atoms with Gasteiger partial charge in [-0.05, 0) is 24.6 Å². The second-order valence-corrected chi connectivity index (χ2v) is 6.20. The predicted molar refractivity (Wildman–Crippen MR) is 67.2 cm³/mol. The van der Waals surface area contributed by atoms with E-state index in [1.165, 1.54) is 6.07 Å². The first-order valence-electron chi connectivity index (χ1n) is 5.72. The second kappa shape index (κ2) is 5.14. The number of hydrogen-bond donors (Lipinski definition) is 2. The van der Waals surface area contributed by atoms with E-state index >= 15 is 0 Å². The summed E-state index contributed by atoms with van der Waals surface area (Å²) in [6.07, 6.45) is 0.510. The smallest absolute Gasteiger partial charge is 0.243 e. The van der Waals surface area contributed by atoms with Crippen LogP contribution in [0.15, 0.2) is 23.1 Å². The van der Waals surface area contributed by atoms with Crippen LogP contribution in [0, 0.1) is 5.82 Å². The molecular formula is C11H14FN3O3S. The molecule has 104 valence electrons. The van der Waals surface area contributed by atoms with E-state index in [-0.39, 0.29) is 29.6 Å². The van der Waals surface area contributed by atoms with Crippen LogP contribution < -0.4 is 11.1 Å². The van der Waals surface area contributed by atoms with Crippen LogP contribution in [0.3, 0.4) is 0 Å². The van der Waals surface area contributed by atoms with Crippen molar-refractivity contribution in [2.24, 2.45) is 0 Å². The number of carbonyl (C=O) groups excluding carboxylic acids is 1. The monoisotopic (exact) mass is 287 g/mol. The van der Waals surface area contributed by atoms with Crippen molar-refractivity contribution < 1.29 is 17.6 Å². The van der Waals surface area contributed by atoms with Crippen molar-refractivity contribution in [2.75, 3.05) is 25.4 Å². The van der Waals surface area contributed by atoms with Gasteiger partial charge in [0.05, 0.1) is 11.4 Å². The summed E-state index contributed by atoms with van der Waals surface area (Å²) in [5.74, 6) is -1.09. The Morgan fingerprint density at radius 3 is 2.74 bits per heavy atom. The lowest BCUT2D eigenvalue weighted by Gasteiger charge is -2.19. The minimum absolute atomic E-state index is 0.0258. The Kier molecular flexibility index (Phi) is 3.72. The highest BCUT2D eigenvalue weighted by atomic mass is 32.2. The Morgan fingerprint density at radius 1 is 1.32 bits per heavy atom. The highest BCUT2D eigenvalue weighted by Gasteiger charge is 2.28. The maximum atomic E-state index is 13.2. The normalized spacial score (nSPS) is 17.8. The molecule has 19 heavy (non-hydrogen) atoms. The second-order valence-electron chi connectivity index (χ2n) is 4.26. The number of hydrogen-bond acceptors (Lipinski definition) is 4. The summed E-state index contributed by atoms with van der Waals surface area (Å²) >= 11 is 0. The van der Waals surface area contributed by atoms with Gasteiger partial charge in [-0.25, -0.2) is 12.8 Å². The van der Waals surface area contributed by atoms with E-state index in [9.17, 15) is 17.6 Å². The predicted octanol–water partition coefficient (Wildman–Crippen LogP) is -0.0815. The summed E-state index contributed by atoms with van der Waals surface area (Å²) in [4.78, 5) is 11.2. The van der Waals surface area contributed by atoms with Gasteiger partial charge in [0, 0.05) is 18.8 Å². The van der Waals surface area contributed by atoms with Crippen molar-refractivity contribution in [3.8, 4) is 0 Å². The molecule has 1 aromatic rings. The molecule has 0 spiro atoms. The fourth-order valence-corrected chi connectivity index (χ4v) is 3.37. The van der Waals surface area contributed by atoms with E-state index in [1.807, 2.05) is 0 Å². The number of rotatable bonds is 2. The summed E-state index contributed by atoms with van der Waals surface area (Å²) in [6.45, 7) is 0.367. The fraction of sp³-hybridized carbons (Fsp3) is 0.364. The van der Waals surface area contributed by atoms with Gasteiger partial charge in [-0.2, -0.15) is 4.31 Å². The van der Waals surface area contributed by atoms with Crippen LogP contribution >= 0.6 is 0 Å². The van der Waals surface area contributed by atoms with Gasteiger partial charge < -0.3 is 11.1 Å². The van der Waals surface area contributed by atoms with E-state index in [1.54, 1.807) is 0 Å². The molecule has 0 aliphatic carbocycles. The summed E-state index contributed by atoms with van der Waals surface area (Å²) in [6, 6.07) is 3.11. The van der Waals surface area contributed by atoms with Crippen molar-refractivity contribution in [3.05, 3.63) is 24.0 Å². The number of halogens is 1. The lowest BCUT2D eigenvalue weighted by molar-refractivity contribution is -0.120. The van der Waals surface area contributed by atoms with Crippen molar-refractivity contribution in [3.63, 3.8) is 0 Å². The first-order valence-corrected chi connectivity index (χ1v) is 7.16. The first kappa shape index (κ1) is 13.8. The largest absolute Gasteiger partial charge is 0.399 e.